The second-order valence-electron chi connectivity index (χ2n) is 5.22. The SMILES string of the molecule is CC1CCC(NC(C)c2ccnn2C)CC1. The summed E-state index contributed by atoms with van der Waals surface area (Å²) >= 11 is 0. The van der Waals surface area contributed by atoms with Crippen molar-refractivity contribution < 1.29 is 0 Å². The summed E-state index contributed by atoms with van der Waals surface area (Å²) in [6, 6.07) is 3.20. The first-order valence-corrected chi connectivity index (χ1v) is 6.40. The minimum absolute atomic E-state index is 0.408. The molecule has 16 heavy (non-hydrogen) atoms. The third-order valence-corrected chi connectivity index (χ3v) is 3.80. The zero-order valence-electron chi connectivity index (χ0n) is 10.6. The van der Waals surface area contributed by atoms with Crippen LogP contribution in [0.1, 0.15) is 51.3 Å². The van der Waals surface area contributed by atoms with Gasteiger partial charge in [-0.05, 0) is 44.6 Å². The van der Waals surface area contributed by atoms with Crippen molar-refractivity contribution in [2.24, 2.45) is 13.0 Å². The van der Waals surface area contributed by atoms with Crippen molar-refractivity contribution in [3.63, 3.8) is 0 Å². The fourth-order valence-electron chi connectivity index (χ4n) is 2.67. The molecular weight excluding hydrogens is 198 g/mol. The van der Waals surface area contributed by atoms with Crippen LogP contribution in [0.5, 0.6) is 0 Å². The van der Waals surface area contributed by atoms with E-state index >= 15 is 0 Å². The number of hydrogen-bond acceptors (Lipinski definition) is 2. The molecule has 1 aromatic rings. The number of nitrogens with zero attached hydrogens (tertiary/aromatic N) is 2. The summed E-state index contributed by atoms with van der Waals surface area (Å²) in [6.07, 6.45) is 7.26. The molecule has 1 aromatic heterocycles. The van der Waals surface area contributed by atoms with E-state index in [4.69, 9.17) is 0 Å². The number of aromatic nitrogens is 2. The Morgan fingerprint density at radius 3 is 2.62 bits per heavy atom. The normalized spacial score (nSPS) is 27.9. The molecule has 0 amide bonds. The zero-order chi connectivity index (χ0) is 11.5. The molecule has 0 aliphatic heterocycles. The zero-order valence-corrected chi connectivity index (χ0v) is 10.6. The molecule has 0 spiro atoms. The van der Waals surface area contributed by atoms with Gasteiger partial charge in [-0.25, -0.2) is 0 Å². The van der Waals surface area contributed by atoms with E-state index in [1.54, 1.807) is 0 Å². The van der Waals surface area contributed by atoms with Crippen molar-refractivity contribution in [1.82, 2.24) is 15.1 Å². The lowest BCUT2D eigenvalue weighted by Crippen LogP contribution is -2.35. The van der Waals surface area contributed by atoms with Gasteiger partial charge in [0.15, 0.2) is 0 Å². The van der Waals surface area contributed by atoms with Gasteiger partial charge < -0.3 is 5.32 Å². The fraction of sp³-hybridized carbons (Fsp3) is 0.769. The van der Waals surface area contributed by atoms with E-state index in [0.717, 1.165) is 5.92 Å². The summed E-state index contributed by atoms with van der Waals surface area (Å²) in [4.78, 5) is 0. The van der Waals surface area contributed by atoms with Crippen LogP contribution >= 0.6 is 0 Å². The molecule has 3 heteroatoms. The van der Waals surface area contributed by atoms with Crippen LogP contribution in [0.25, 0.3) is 0 Å². The van der Waals surface area contributed by atoms with E-state index in [1.807, 2.05) is 17.9 Å². The third-order valence-electron chi connectivity index (χ3n) is 3.80. The van der Waals surface area contributed by atoms with Crippen LogP contribution < -0.4 is 5.32 Å². The van der Waals surface area contributed by atoms with E-state index in [2.05, 4.69) is 30.3 Å². The van der Waals surface area contributed by atoms with Crippen LogP contribution in [-0.4, -0.2) is 15.8 Å². The average molecular weight is 221 g/mol. The molecular formula is C13H23N3. The van der Waals surface area contributed by atoms with Gasteiger partial charge in [0, 0.05) is 25.3 Å². The highest BCUT2D eigenvalue weighted by molar-refractivity contribution is 5.05. The lowest BCUT2D eigenvalue weighted by molar-refractivity contribution is 0.288. The Morgan fingerprint density at radius 2 is 2.06 bits per heavy atom. The fourth-order valence-corrected chi connectivity index (χ4v) is 2.67. The molecule has 1 saturated carbocycles. The summed E-state index contributed by atoms with van der Waals surface area (Å²) in [6.45, 7) is 4.59. The number of hydrogen-bond donors (Lipinski definition) is 1. The van der Waals surface area contributed by atoms with E-state index in [9.17, 15) is 0 Å². The largest absolute Gasteiger partial charge is 0.306 e. The second-order valence-corrected chi connectivity index (χ2v) is 5.22. The highest BCUT2D eigenvalue weighted by Crippen LogP contribution is 2.25. The Kier molecular flexibility index (Phi) is 3.64. The predicted molar refractivity (Wildman–Crippen MR) is 66.2 cm³/mol. The minimum atomic E-state index is 0.408. The van der Waals surface area contributed by atoms with Crippen LogP contribution in [0.2, 0.25) is 0 Å². The maximum atomic E-state index is 4.22. The highest BCUT2D eigenvalue weighted by Gasteiger charge is 2.20. The van der Waals surface area contributed by atoms with Crippen molar-refractivity contribution in [3.05, 3.63) is 18.0 Å². The Bertz CT molecular complexity index is 324. The molecule has 90 valence electrons. The third kappa shape index (κ3) is 2.64. The van der Waals surface area contributed by atoms with Gasteiger partial charge in [-0.3, -0.25) is 4.68 Å². The maximum Gasteiger partial charge on any atom is 0.0547 e. The molecule has 1 heterocycles. The summed E-state index contributed by atoms with van der Waals surface area (Å²) < 4.78 is 1.96. The van der Waals surface area contributed by atoms with E-state index in [0.29, 0.717) is 12.1 Å². The van der Waals surface area contributed by atoms with Gasteiger partial charge in [0.2, 0.25) is 0 Å². The van der Waals surface area contributed by atoms with Gasteiger partial charge in [0.05, 0.1) is 5.69 Å². The molecule has 0 saturated heterocycles. The van der Waals surface area contributed by atoms with Crippen molar-refractivity contribution in [1.29, 1.82) is 0 Å². The summed E-state index contributed by atoms with van der Waals surface area (Å²) in [7, 11) is 2.01. The van der Waals surface area contributed by atoms with Gasteiger partial charge in [-0.1, -0.05) is 6.92 Å². The molecule has 1 fully saturated rings. The lowest BCUT2D eigenvalue weighted by atomic mass is 9.87. The topological polar surface area (TPSA) is 29.9 Å². The molecule has 2 rings (SSSR count). The second kappa shape index (κ2) is 5.00. The quantitative estimate of drug-likeness (QED) is 0.850. The minimum Gasteiger partial charge on any atom is -0.306 e. The van der Waals surface area contributed by atoms with Gasteiger partial charge in [0.1, 0.15) is 0 Å². The molecule has 0 bridgehead atoms. The summed E-state index contributed by atoms with van der Waals surface area (Å²) in [5, 5.41) is 7.94. The predicted octanol–water partition coefficient (Wildman–Crippen LogP) is 2.65. The molecule has 1 atom stereocenters. The average Bonchev–Trinajstić information content (AvgIpc) is 2.68. The Hall–Kier alpha value is -0.830. The standard InChI is InChI=1S/C13H23N3/c1-10-4-6-12(7-5-10)15-11(2)13-8-9-14-16(13)3/h8-12,15H,4-7H2,1-3H3. The van der Waals surface area contributed by atoms with Crippen molar-refractivity contribution in [2.75, 3.05) is 0 Å². The van der Waals surface area contributed by atoms with Gasteiger partial charge >= 0.3 is 0 Å². The monoisotopic (exact) mass is 221 g/mol. The first kappa shape index (κ1) is 11.6. The van der Waals surface area contributed by atoms with Crippen molar-refractivity contribution in [2.45, 2.75) is 51.6 Å². The van der Waals surface area contributed by atoms with E-state index in [1.165, 1.54) is 31.4 Å². The van der Waals surface area contributed by atoms with Crippen LogP contribution in [0.4, 0.5) is 0 Å². The molecule has 0 aromatic carbocycles. The number of aryl methyl sites for hydroxylation is 1. The molecule has 1 N–H and O–H groups in total. The molecule has 1 aliphatic rings. The Morgan fingerprint density at radius 1 is 1.38 bits per heavy atom. The molecule has 1 aliphatic carbocycles. The Labute approximate surface area is 98.2 Å². The van der Waals surface area contributed by atoms with Crippen molar-refractivity contribution in [3.8, 4) is 0 Å². The van der Waals surface area contributed by atoms with Gasteiger partial charge in [-0.2, -0.15) is 5.10 Å². The Balaban J connectivity index is 1.88. The summed E-state index contributed by atoms with van der Waals surface area (Å²) in [5.74, 6) is 0.921. The smallest absolute Gasteiger partial charge is 0.0547 e. The number of nitrogens with one attached hydrogen (secondary N) is 1. The van der Waals surface area contributed by atoms with Gasteiger partial charge in [0.25, 0.3) is 0 Å². The van der Waals surface area contributed by atoms with E-state index in [-0.39, 0.29) is 0 Å². The van der Waals surface area contributed by atoms with Crippen LogP contribution in [0.3, 0.4) is 0 Å². The first-order valence-electron chi connectivity index (χ1n) is 6.40. The summed E-state index contributed by atoms with van der Waals surface area (Å²) in [5.41, 5.74) is 1.28. The lowest BCUT2D eigenvalue weighted by Gasteiger charge is -2.29. The van der Waals surface area contributed by atoms with Gasteiger partial charge in [-0.15, -0.1) is 0 Å². The molecule has 0 radical (unpaired) electrons. The van der Waals surface area contributed by atoms with E-state index < -0.39 is 0 Å². The molecule has 3 nitrogen and oxygen atoms in total. The highest BCUT2D eigenvalue weighted by atomic mass is 15.3. The van der Waals surface area contributed by atoms with Crippen LogP contribution in [-0.2, 0) is 7.05 Å². The maximum absolute atomic E-state index is 4.22. The van der Waals surface area contributed by atoms with Crippen LogP contribution in [0, 0.1) is 5.92 Å². The van der Waals surface area contributed by atoms with Crippen LogP contribution in [0.15, 0.2) is 12.3 Å². The van der Waals surface area contributed by atoms with Crippen molar-refractivity contribution >= 4 is 0 Å². The molecule has 1 unspecified atom stereocenters. The first-order chi connectivity index (χ1) is 7.66. The number of rotatable bonds is 3.